The Morgan fingerprint density at radius 1 is 1.14 bits per heavy atom. The van der Waals surface area contributed by atoms with Gasteiger partial charge in [0.15, 0.2) is 5.16 Å². The van der Waals surface area contributed by atoms with Crippen molar-refractivity contribution in [2.45, 2.75) is 30.1 Å². The van der Waals surface area contributed by atoms with Gasteiger partial charge in [-0.1, -0.05) is 42.1 Å². The Morgan fingerprint density at radius 2 is 1.82 bits per heavy atom. The number of halogens is 3. The monoisotopic (exact) mass is 410 g/mol. The fourth-order valence-electron chi connectivity index (χ4n) is 2.99. The van der Waals surface area contributed by atoms with Gasteiger partial charge in [0, 0.05) is 38.9 Å². The first-order chi connectivity index (χ1) is 13.3. The molecule has 150 valence electrons. The van der Waals surface area contributed by atoms with Gasteiger partial charge in [0.1, 0.15) is 5.69 Å². The van der Waals surface area contributed by atoms with Crippen LogP contribution in [0, 0.1) is 0 Å². The van der Waals surface area contributed by atoms with Gasteiger partial charge in [-0.15, -0.1) is 0 Å². The van der Waals surface area contributed by atoms with Gasteiger partial charge in [-0.2, -0.15) is 13.2 Å². The first-order valence-electron chi connectivity index (χ1n) is 8.95. The summed E-state index contributed by atoms with van der Waals surface area (Å²) in [5.74, 6) is -0.106. The van der Waals surface area contributed by atoms with Crippen molar-refractivity contribution >= 4 is 17.7 Å². The molecule has 1 aliphatic heterocycles. The van der Waals surface area contributed by atoms with E-state index in [0.29, 0.717) is 13.1 Å². The molecule has 28 heavy (non-hydrogen) atoms. The number of rotatable bonds is 5. The molecule has 1 aromatic heterocycles. The van der Waals surface area contributed by atoms with Crippen LogP contribution in [0.25, 0.3) is 0 Å². The Bertz CT molecular complexity index is 795. The quantitative estimate of drug-likeness (QED) is 0.559. The summed E-state index contributed by atoms with van der Waals surface area (Å²) in [6.07, 6.45) is -3.46. The third-order valence-electron chi connectivity index (χ3n) is 4.49. The number of hydrogen-bond donors (Lipinski definition) is 0. The highest BCUT2D eigenvalue weighted by atomic mass is 32.2. The molecule has 1 saturated heterocycles. The largest absolute Gasteiger partial charge is 0.433 e. The minimum absolute atomic E-state index is 0.0432. The molecule has 0 N–H and O–H groups in total. The van der Waals surface area contributed by atoms with Crippen LogP contribution in [0.3, 0.4) is 0 Å². The second-order valence-corrected chi connectivity index (χ2v) is 7.88. The lowest BCUT2D eigenvalue weighted by atomic mass is 10.2. The summed E-state index contributed by atoms with van der Waals surface area (Å²) in [5, 5.41) is -0.595. The third kappa shape index (κ3) is 5.45. The SMILES string of the molecule is C[C@@H](Sc1nccc(C(F)(F)F)n1)C(=O)N1CCN(Cc2ccccc2)CC1. The number of nitrogens with zero attached hydrogens (tertiary/aromatic N) is 4. The maximum Gasteiger partial charge on any atom is 0.433 e. The molecule has 1 atom stereocenters. The number of aromatic nitrogens is 2. The average Bonchev–Trinajstić information content (AvgIpc) is 2.68. The highest BCUT2D eigenvalue weighted by Crippen LogP contribution is 2.29. The number of amides is 1. The highest BCUT2D eigenvalue weighted by Gasteiger charge is 2.33. The van der Waals surface area contributed by atoms with Gasteiger partial charge >= 0.3 is 6.18 Å². The number of alkyl halides is 3. The molecule has 2 heterocycles. The highest BCUT2D eigenvalue weighted by molar-refractivity contribution is 8.00. The molecule has 1 aromatic carbocycles. The molecule has 0 unspecified atom stereocenters. The molecular weight excluding hydrogens is 389 g/mol. The van der Waals surface area contributed by atoms with Crippen molar-refractivity contribution in [1.29, 1.82) is 0 Å². The molecule has 9 heteroatoms. The lowest BCUT2D eigenvalue weighted by molar-refractivity contribution is -0.141. The molecule has 1 amide bonds. The summed E-state index contributed by atoms with van der Waals surface area (Å²) < 4.78 is 38.3. The van der Waals surface area contributed by atoms with Gasteiger partial charge in [-0.3, -0.25) is 9.69 Å². The number of carbonyl (C=O) groups is 1. The number of thioether (sulfide) groups is 1. The molecule has 3 rings (SSSR count). The zero-order valence-corrected chi connectivity index (χ0v) is 16.2. The molecule has 2 aromatic rings. The maximum absolute atomic E-state index is 12.8. The van der Waals surface area contributed by atoms with Crippen LogP contribution >= 0.6 is 11.8 Å². The fraction of sp³-hybridized carbons (Fsp3) is 0.421. The van der Waals surface area contributed by atoms with Crippen molar-refractivity contribution < 1.29 is 18.0 Å². The van der Waals surface area contributed by atoms with E-state index in [1.807, 2.05) is 18.2 Å². The van der Waals surface area contributed by atoms with Gasteiger partial charge in [0.25, 0.3) is 0 Å². The molecule has 1 aliphatic rings. The van der Waals surface area contributed by atoms with E-state index in [0.717, 1.165) is 43.7 Å². The van der Waals surface area contributed by atoms with E-state index in [1.165, 1.54) is 5.56 Å². The van der Waals surface area contributed by atoms with Crippen molar-refractivity contribution in [2.75, 3.05) is 26.2 Å². The normalized spacial score (nSPS) is 16.8. The van der Waals surface area contributed by atoms with Crippen molar-refractivity contribution in [1.82, 2.24) is 19.8 Å². The first kappa shape index (κ1) is 20.6. The topological polar surface area (TPSA) is 49.3 Å². The third-order valence-corrected chi connectivity index (χ3v) is 5.45. The molecule has 0 radical (unpaired) electrons. The Labute approximate surface area is 166 Å². The van der Waals surface area contributed by atoms with Gasteiger partial charge in [0.2, 0.25) is 5.91 Å². The van der Waals surface area contributed by atoms with Gasteiger partial charge in [-0.05, 0) is 18.6 Å². The van der Waals surface area contributed by atoms with Crippen LogP contribution in [0.15, 0.2) is 47.8 Å². The minimum Gasteiger partial charge on any atom is -0.339 e. The van der Waals surface area contributed by atoms with E-state index in [1.54, 1.807) is 11.8 Å². The van der Waals surface area contributed by atoms with E-state index in [2.05, 4.69) is 27.0 Å². The average molecular weight is 410 g/mol. The lowest BCUT2D eigenvalue weighted by Crippen LogP contribution is -2.50. The van der Waals surface area contributed by atoms with Crippen LogP contribution in [0.4, 0.5) is 13.2 Å². The number of benzene rings is 1. The van der Waals surface area contributed by atoms with Crippen molar-refractivity contribution in [2.24, 2.45) is 0 Å². The van der Waals surface area contributed by atoms with Crippen LogP contribution in [-0.2, 0) is 17.5 Å². The standard InChI is InChI=1S/C19H21F3N4OS/c1-14(28-18-23-8-7-16(24-18)19(20,21)22)17(27)26-11-9-25(10-12-26)13-15-5-3-2-4-6-15/h2-8,14H,9-13H2,1H3/t14-/m1/s1. The summed E-state index contributed by atoms with van der Waals surface area (Å²) in [6.45, 7) is 5.23. The molecule has 0 aliphatic carbocycles. The zero-order chi connectivity index (χ0) is 20.1. The van der Waals surface area contributed by atoms with E-state index in [4.69, 9.17) is 0 Å². The summed E-state index contributed by atoms with van der Waals surface area (Å²) in [5.41, 5.74) is 0.229. The Hall–Kier alpha value is -2.13. The number of carbonyl (C=O) groups excluding carboxylic acids is 1. The summed E-state index contributed by atoms with van der Waals surface area (Å²) in [6, 6.07) is 11.0. The second-order valence-electron chi connectivity index (χ2n) is 6.57. The molecule has 0 spiro atoms. The van der Waals surface area contributed by atoms with E-state index in [-0.39, 0.29) is 11.1 Å². The van der Waals surface area contributed by atoms with E-state index >= 15 is 0 Å². The maximum atomic E-state index is 12.8. The van der Waals surface area contributed by atoms with Crippen LogP contribution < -0.4 is 0 Å². The predicted octanol–water partition coefficient (Wildman–Crippen LogP) is 3.32. The molecule has 0 bridgehead atoms. The Balaban J connectivity index is 1.52. The van der Waals surface area contributed by atoms with E-state index in [9.17, 15) is 18.0 Å². The second kappa shape index (κ2) is 8.91. The molecular formula is C19H21F3N4OS. The Morgan fingerprint density at radius 3 is 2.46 bits per heavy atom. The first-order valence-corrected chi connectivity index (χ1v) is 9.83. The minimum atomic E-state index is -4.53. The van der Waals surface area contributed by atoms with Crippen LogP contribution in [0.1, 0.15) is 18.2 Å². The van der Waals surface area contributed by atoms with Crippen molar-refractivity contribution in [3.8, 4) is 0 Å². The van der Waals surface area contributed by atoms with Gasteiger partial charge in [0.05, 0.1) is 5.25 Å². The molecule has 0 saturated carbocycles. The molecule has 5 nitrogen and oxygen atoms in total. The van der Waals surface area contributed by atoms with E-state index < -0.39 is 17.1 Å². The Kier molecular flexibility index (Phi) is 6.56. The predicted molar refractivity (Wildman–Crippen MR) is 101 cm³/mol. The fourth-order valence-corrected chi connectivity index (χ4v) is 3.83. The summed E-state index contributed by atoms with van der Waals surface area (Å²) in [7, 11) is 0. The smallest absolute Gasteiger partial charge is 0.339 e. The summed E-state index contributed by atoms with van der Waals surface area (Å²) >= 11 is 0.952. The number of piperazine rings is 1. The van der Waals surface area contributed by atoms with Crippen LogP contribution in [0.5, 0.6) is 0 Å². The van der Waals surface area contributed by atoms with Crippen LogP contribution in [-0.4, -0.2) is 57.1 Å². The van der Waals surface area contributed by atoms with Crippen molar-refractivity contribution in [3.63, 3.8) is 0 Å². The van der Waals surface area contributed by atoms with Gasteiger partial charge < -0.3 is 4.90 Å². The summed E-state index contributed by atoms with van der Waals surface area (Å²) in [4.78, 5) is 24.1. The lowest BCUT2D eigenvalue weighted by Gasteiger charge is -2.35. The van der Waals surface area contributed by atoms with Gasteiger partial charge in [-0.25, -0.2) is 9.97 Å². The zero-order valence-electron chi connectivity index (χ0n) is 15.4. The molecule has 1 fully saturated rings. The van der Waals surface area contributed by atoms with Crippen LogP contribution in [0.2, 0.25) is 0 Å². The van der Waals surface area contributed by atoms with Crippen molar-refractivity contribution in [3.05, 3.63) is 53.9 Å². The number of hydrogen-bond acceptors (Lipinski definition) is 5.